The molecule has 2 unspecified atom stereocenters. The first-order chi connectivity index (χ1) is 14.2. The Morgan fingerprint density at radius 2 is 1.90 bits per heavy atom. The van der Waals surface area contributed by atoms with Gasteiger partial charge in [0.15, 0.2) is 5.60 Å². The lowest BCUT2D eigenvalue weighted by Gasteiger charge is -2.43. The van der Waals surface area contributed by atoms with E-state index in [0.717, 1.165) is 0 Å². The van der Waals surface area contributed by atoms with Crippen LogP contribution in [0.4, 0.5) is 18.9 Å². The number of halogens is 3. The van der Waals surface area contributed by atoms with Gasteiger partial charge in [-0.05, 0) is 35.3 Å². The van der Waals surface area contributed by atoms with E-state index in [4.69, 9.17) is 0 Å². The van der Waals surface area contributed by atoms with Gasteiger partial charge in [-0.1, -0.05) is 55.5 Å². The second-order valence-corrected chi connectivity index (χ2v) is 7.50. The van der Waals surface area contributed by atoms with Crippen molar-refractivity contribution in [2.45, 2.75) is 37.6 Å². The molecule has 3 N–H and O–H groups in total. The van der Waals surface area contributed by atoms with Crippen LogP contribution >= 0.6 is 0 Å². The van der Waals surface area contributed by atoms with Crippen molar-refractivity contribution in [1.29, 1.82) is 0 Å². The second-order valence-electron chi connectivity index (χ2n) is 7.50. The molecule has 2 atom stereocenters. The number of alkyl halides is 3. The molecule has 0 radical (unpaired) electrons. The number of allylic oxidation sites excluding steroid dienone is 1. The van der Waals surface area contributed by atoms with Crippen LogP contribution in [0.25, 0.3) is 16.5 Å². The van der Waals surface area contributed by atoms with E-state index < -0.39 is 29.8 Å². The number of hydrogen-bond donors (Lipinski definition) is 3. The minimum atomic E-state index is -4.91. The van der Waals surface area contributed by atoms with Crippen molar-refractivity contribution >= 4 is 22.2 Å². The number of rotatable bonds is 3. The maximum absolute atomic E-state index is 14.1. The van der Waals surface area contributed by atoms with E-state index in [1.54, 1.807) is 54.6 Å². The van der Waals surface area contributed by atoms with Crippen LogP contribution in [0.15, 0.2) is 65.5 Å². The van der Waals surface area contributed by atoms with Gasteiger partial charge >= 0.3 is 6.18 Å². The number of para-hydroxylation sites is 1. The summed E-state index contributed by atoms with van der Waals surface area (Å²) < 4.78 is 42.4. The molecule has 1 aliphatic carbocycles. The molecule has 0 amide bonds. The van der Waals surface area contributed by atoms with Crippen molar-refractivity contribution in [3.05, 3.63) is 82.2 Å². The summed E-state index contributed by atoms with van der Waals surface area (Å²) in [4.78, 5) is 15.2. The molecule has 2 aromatic carbocycles. The van der Waals surface area contributed by atoms with Crippen molar-refractivity contribution < 1.29 is 18.3 Å². The van der Waals surface area contributed by atoms with E-state index in [-0.39, 0.29) is 5.69 Å². The van der Waals surface area contributed by atoms with E-state index in [1.165, 1.54) is 6.07 Å². The van der Waals surface area contributed by atoms with Crippen molar-refractivity contribution in [3.8, 4) is 0 Å². The molecule has 0 saturated carbocycles. The van der Waals surface area contributed by atoms with Gasteiger partial charge in [-0.25, -0.2) is 0 Å². The van der Waals surface area contributed by atoms with Gasteiger partial charge in [0.2, 0.25) is 0 Å². The third-order valence-corrected chi connectivity index (χ3v) is 5.55. The molecule has 0 fully saturated rings. The molecule has 1 aliphatic rings. The maximum Gasteiger partial charge on any atom is 0.419 e. The minimum absolute atomic E-state index is 0.0286. The Bertz CT molecular complexity index is 1180. The zero-order valence-electron chi connectivity index (χ0n) is 16.3. The number of aliphatic hydroxyl groups is 1. The molecule has 4 rings (SSSR count). The quantitative estimate of drug-likeness (QED) is 0.554. The molecule has 0 bridgehead atoms. The Balaban J connectivity index is 1.89. The number of anilines is 1. The smallest absolute Gasteiger partial charge is 0.378 e. The van der Waals surface area contributed by atoms with Gasteiger partial charge in [-0.3, -0.25) is 4.79 Å². The maximum atomic E-state index is 14.1. The molecule has 4 nitrogen and oxygen atoms in total. The fourth-order valence-corrected chi connectivity index (χ4v) is 4.09. The van der Waals surface area contributed by atoms with Gasteiger partial charge in [0.25, 0.3) is 5.56 Å². The lowest BCUT2D eigenvalue weighted by molar-refractivity contribution is -0.265. The summed E-state index contributed by atoms with van der Waals surface area (Å²) >= 11 is 0. The first-order valence-corrected chi connectivity index (χ1v) is 9.70. The zero-order chi connectivity index (χ0) is 21.5. The topological polar surface area (TPSA) is 65.1 Å². The first-order valence-electron chi connectivity index (χ1n) is 9.70. The molecular formula is C23H21F3N2O2. The molecular weight excluding hydrogens is 393 g/mol. The summed E-state index contributed by atoms with van der Waals surface area (Å²) in [7, 11) is 0. The zero-order valence-corrected chi connectivity index (χ0v) is 16.3. The largest absolute Gasteiger partial charge is 0.419 e. The molecule has 156 valence electrons. The number of benzene rings is 2. The Morgan fingerprint density at radius 3 is 2.63 bits per heavy atom. The van der Waals surface area contributed by atoms with E-state index in [9.17, 15) is 23.1 Å². The highest BCUT2D eigenvalue weighted by molar-refractivity contribution is 5.82. The van der Waals surface area contributed by atoms with Crippen molar-refractivity contribution in [3.63, 3.8) is 0 Å². The van der Waals surface area contributed by atoms with Gasteiger partial charge in [0, 0.05) is 17.3 Å². The van der Waals surface area contributed by atoms with Crippen LogP contribution in [-0.2, 0) is 0 Å². The molecule has 0 saturated heterocycles. The third-order valence-electron chi connectivity index (χ3n) is 5.55. The summed E-state index contributed by atoms with van der Waals surface area (Å²) in [5.74, 6) is 0. The summed E-state index contributed by atoms with van der Waals surface area (Å²) in [5.41, 5.74) is -1.68. The Labute approximate surface area is 171 Å². The summed E-state index contributed by atoms with van der Waals surface area (Å²) in [6, 6.07) is 13.6. The van der Waals surface area contributed by atoms with Crippen LogP contribution in [-0.4, -0.2) is 21.9 Å². The summed E-state index contributed by atoms with van der Waals surface area (Å²) in [5, 5.41) is 14.3. The van der Waals surface area contributed by atoms with Crippen LogP contribution in [0, 0.1) is 0 Å². The van der Waals surface area contributed by atoms with E-state index in [2.05, 4.69) is 10.3 Å². The van der Waals surface area contributed by atoms with Gasteiger partial charge < -0.3 is 15.4 Å². The molecule has 3 aromatic rings. The predicted molar refractivity (Wildman–Crippen MR) is 111 cm³/mol. The van der Waals surface area contributed by atoms with Gasteiger partial charge in [0.05, 0.1) is 6.04 Å². The molecule has 1 aromatic heterocycles. The normalized spacial score (nSPS) is 22.8. The van der Waals surface area contributed by atoms with Crippen molar-refractivity contribution in [2.24, 2.45) is 0 Å². The number of H-pyrrole nitrogens is 1. The average Bonchev–Trinajstić information content (AvgIpc) is 2.70. The van der Waals surface area contributed by atoms with Crippen LogP contribution in [0.5, 0.6) is 0 Å². The van der Waals surface area contributed by atoms with Gasteiger partial charge in [-0.2, -0.15) is 13.2 Å². The van der Waals surface area contributed by atoms with Crippen molar-refractivity contribution in [2.75, 3.05) is 5.32 Å². The summed E-state index contributed by atoms with van der Waals surface area (Å²) in [6.45, 7) is 1.83. The highest BCUT2D eigenvalue weighted by Crippen LogP contribution is 2.51. The van der Waals surface area contributed by atoms with Gasteiger partial charge in [0.1, 0.15) is 5.69 Å². The lowest BCUT2D eigenvalue weighted by Crippen LogP contribution is -2.54. The van der Waals surface area contributed by atoms with Crippen LogP contribution in [0.3, 0.4) is 0 Å². The Morgan fingerprint density at radius 1 is 1.20 bits per heavy atom. The Hall–Kier alpha value is -3.06. The number of aromatic amines is 1. The number of pyridine rings is 1. The molecule has 0 spiro atoms. The SMILES string of the molecule is CC/C=C1/CC(O)(C(F)(F)F)C(Nc2cc3ccccc3[nH]c2=O)c2ccccc21. The van der Waals surface area contributed by atoms with Crippen LogP contribution < -0.4 is 10.9 Å². The Kier molecular flexibility index (Phi) is 4.94. The van der Waals surface area contributed by atoms with Crippen LogP contribution in [0.1, 0.15) is 36.9 Å². The van der Waals surface area contributed by atoms with Gasteiger partial charge in [-0.15, -0.1) is 0 Å². The van der Waals surface area contributed by atoms with E-state index in [1.807, 2.05) is 6.92 Å². The van der Waals surface area contributed by atoms with Crippen LogP contribution in [0.2, 0.25) is 0 Å². The highest BCUT2D eigenvalue weighted by atomic mass is 19.4. The molecule has 0 aliphatic heterocycles. The number of aromatic nitrogens is 1. The predicted octanol–water partition coefficient (Wildman–Crippen LogP) is 5.17. The first kappa shape index (κ1) is 20.2. The average molecular weight is 414 g/mol. The highest BCUT2D eigenvalue weighted by Gasteiger charge is 2.61. The van der Waals surface area contributed by atoms with E-state index >= 15 is 0 Å². The fourth-order valence-electron chi connectivity index (χ4n) is 4.09. The van der Waals surface area contributed by atoms with E-state index in [0.29, 0.717) is 34.0 Å². The fraction of sp³-hybridized carbons (Fsp3) is 0.261. The van der Waals surface area contributed by atoms with Crippen molar-refractivity contribution in [1.82, 2.24) is 4.98 Å². The minimum Gasteiger partial charge on any atom is -0.378 e. The molecule has 7 heteroatoms. The number of hydrogen-bond acceptors (Lipinski definition) is 3. The molecule has 30 heavy (non-hydrogen) atoms. The molecule has 1 heterocycles. The second kappa shape index (κ2) is 7.32. The lowest BCUT2D eigenvalue weighted by atomic mass is 9.73. The summed E-state index contributed by atoms with van der Waals surface area (Å²) in [6.07, 6.45) is -3.26. The standard InChI is InChI=1S/C23H21F3N2O2/c1-2-7-15-13-22(30,23(24,25)26)20(17-10-5-4-9-16(15)17)27-19-12-14-8-3-6-11-18(14)28-21(19)29/h3-12,20,27,30H,2,13H2,1H3,(H,28,29)/b15-7-. The third kappa shape index (κ3) is 3.29. The number of fused-ring (bicyclic) bond motifs is 2. The monoisotopic (exact) mass is 414 g/mol. The number of nitrogens with one attached hydrogen (secondary N) is 2.